The van der Waals surface area contributed by atoms with Crippen LogP contribution in [0.3, 0.4) is 0 Å². The summed E-state index contributed by atoms with van der Waals surface area (Å²) in [6.07, 6.45) is 3.89. The average molecular weight is 615 g/mol. The molecule has 0 aromatic heterocycles. The fourth-order valence-electron chi connectivity index (χ4n) is 5.58. The van der Waals surface area contributed by atoms with Crippen molar-refractivity contribution in [3.8, 4) is 0 Å². The summed E-state index contributed by atoms with van der Waals surface area (Å²) in [7, 11) is 0. The van der Waals surface area contributed by atoms with Crippen molar-refractivity contribution in [1.82, 2.24) is 20.9 Å². The van der Waals surface area contributed by atoms with Gasteiger partial charge in [0.2, 0.25) is 5.91 Å². The third-order valence-corrected chi connectivity index (χ3v) is 10.2. The van der Waals surface area contributed by atoms with E-state index >= 15 is 0 Å². The number of nitrogens with zero attached hydrogens (tertiary/aromatic N) is 2. The molecule has 3 aromatic carbocycles. The molecule has 0 spiro atoms. The highest BCUT2D eigenvalue weighted by molar-refractivity contribution is 8.01. The Morgan fingerprint density at radius 2 is 1.65 bits per heavy atom. The van der Waals surface area contributed by atoms with E-state index in [0.29, 0.717) is 13.2 Å². The maximum atomic E-state index is 13.2. The van der Waals surface area contributed by atoms with Crippen LogP contribution in [-0.2, 0) is 11.3 Å². The molecule has 3 amide bonds. The Kier molecular flexibility index (Phi) is 9.58. The van der Waals surface area contributed by atoms with Gasteiger partial charge < -0.3 is 16.0 Å². The van der Waals surface area contributed by atoms with Crippen molar-refractivity contribution in [3.63, 3.8) is 0 Å². The van der Waals surface area contributed by atoms with E-state index < -0.39 is 0 Å². The van der Waals surface area contributed by atoms with E-state index in [4.69, 9.17) is 0 Å². The number of rotatable bonds is 9. The fourth-order valence-corrected chi connectivity index (χ4v) is 7.55. The van der Waals surface area contributed by atoms with Gasteiger partial charge in [-0.05, 0) is 86.9 Å². The minimum Gasteiger partial charge on any atom is -0.358 e. The quantitative estimate of drug-likeness (QED) is 0.242. The first-order valence-corrected chi connectivity index (χ1v) is 16.7. The molecule has 224 valence electrons. The molecule has 2 atom stereocenters. The molecule has 1 saturated heterocycles. The Morgan fingerprint density at radius 3 is 2.40 bits per heavy atom. The summed E-state index contributed by atoms with van der Waals surface area (Å²) in [5, 5.41) is 12.5. The lowest BCUT2D eigenvalue weighted by molar-refractivity contribution is -0.115. The van der Waals surface area contributed by atoms with Crippen molar-refractivity contribution in [1.29, 1.82) is 0 Å². The van der Waals surface area contributed by atoms with Gasteiger partial charge in [0, 0.05) is 34.1 Å². The molecule has 3 aromatic rings. The van der Waals surface area contributed by atoms with Gasteiger partial charge in [-0.15, -0.1) is 11.8 Å². The average Bonchev–Trinajstić information content (AvgIpc) is 3.03. The van der Waals surface area contributed by atoms with Crippen LogP contribution in [0.4, 0.5) is 16.2 Å². The normalized spacial score (nSPS) is 19.7. The lowest BCUT2D eigenvalue weighted by Gasteiger charge is -2.39. The Morgan fingerprint density at radius 1 is 0.930 bits per heavy atom. The van der Waals surface area contributed by atoms with Gasteiger partial charge in [-0.1, -0.05) is 48.5 Å². The monoisotopic (exact) mass is 614 g/mol. The Hall–Kier alpha value is -3.44. The van der Waals surface area contributed by atoms with Gasteiger partial charge in [0.1, 0.15) is 5.82 Å². The van der Waals surface area contributed by atoms with Gasteiger partial charge in [-0.2, -0.15) is 0 Å². The van der Waals surface area contributed by atoms with Crippen molar-refractivity contribution >= 4 is 46.8 Å². The second-order valence-electron chi connectivity index (χ2n) is 11.0. The van der Waals surface area contributed by atoms with E-state index in [0.717, 1.165) is 47.3 Å². The summed E-state index contributed by atoms with van der Waals surface area (Å²) < 4.78 is 0. The molecule has 4 N–H and O–H groups in total. The molecule has 10 heteroatoms. The fraction of sp³-hybridized carbons (Fsp3) is 0.333. The Balaban J connectivity index is 1.09. The Bertz CT molecular complexity index is 1440. The SMILES string of the molecule is CC(SC1NCNC2=C1CNC(=O)N2c1ccc(Sc2ccccc2)cc1)C(=O)Nc1ccc(CN2CCCCC2)cc1. The van der Waals surface area contributed by atoms with E-state index in [-0.39, 0.29) is 22.6 Å². The summed E-state index contributed by atoms with van der Waals surface area (Å²) in [5.41, 5.74) is 3.88. The van der Waals surface area contributed by atoms with Crippen molar-refractivity contribution in [3.05, 3.63) is 95.8 Å². The van der Waals surface area contributed by atoms with Crippen LogP contribution in [0.15, 0.2) is 100 Å². The third-order valence-electron chi connectivity index (χ3n) is 7.88. The summed E-state index contributed by atoms with van der Waals surface area (Å²) in [6, 6.07) is 26.3. The standard InChI is InChI=1S/C33H38N6O2S2/c1-23(31(40)37-25-12-10-24(11-13-25)21-38-18-6-3-7-19-38)42-32-29-20-34-33(41)39(30(29)35-22-36-32)26-14-16-28(17-15-26)43-27-8-4-2-5-9-27/h2,4-5,8-17,23,32,35-36H,3,6-7,18-22H2,1H3,(H,34,41)(H,37,40). The molecule has 0 aliphatic carbocycles. The zero-order chi connectivity index (χ0) is 29.6. The van der Waals surface area contributed by atoms with Crippen molar-refractivity contribution in [2.45, 2.75) is 53.1 Å². The second kappa shape index (κ2) is 13.9. The highest BCUT2D eigenvalue weighted by Crippen LogP contribution is 2.33. The van der Waals surface area contributed by atoms with E-state index in [1.165, 1.54) is 29.7 Å². The van der Waals surface area contributed by atoms with E-state index in [9.17, 15) is 9.59 Å². The molecule has 3 aliphatic rings. The highest BCUT2D eigenvalue weighted by Gasteiger charge is 2.35. The second-order valence-corrected chi connectivity index (χ2v) is 13.6. The van der Waals surface area contributed by atoms with Crippen molar-refractivity contribution in [2.24, 2.45) is 0 Å². The number of carbonyl (C=O) groups is 2. The number of urea groups is 1. The van der Waals surface area contributed by atoms with Gasteiger partial charge in [0.15, 0.2) is 0 Å². The number of hydrogen-bond donors (Lipinski definition) is 4. The summed E-state index contributed by atoms with van der Waals surface area (Å²) in [4.78, 5) is 32.7. The zero-order valence-corrected chi connectivity index (χ0v) is 26.0. The minimum absolute atomic E-state index is 0.0422. The minimum atomic E-state index is -0.308. The molecule has 0 bridgehead atoms. The Labute approximate surface area is 262 Å². The lowest BCUT2D eigenvalue weighted by atomic mass is 10.1. The van der Waals surface area contributed by atoms with Crippen LogP contribution in [0.1, 0.15) is 31.7 Å². The van der Waals surface area contributed by atoms with Crippen LogP contribution in [-0.4, -0.2) is 53.8 Å². The number of piperidine rings is 1. The molecular weight excluding hydrogens is 577 g/mol. The third kappa shape index (κ3) is 7.38. The number of anilines is 2. The lowest BCUT2D eigenvalue weighted by Crippen LogP contribution is -2.57. The number of hydrogen-bond acceptors (Lipinski definition) is 7. The summed E-state index contributed by atoms with van der Waals surface area (Å²) in [5.74, 6) is 0.736. The molecule has 1 fully saturated rings. The summed E-state index contributed by atoms with van der Waals surface area (Å²) in [6.45, 7) is 6.13. The first kappa shape index (κ1) is 29.6. The van der Waals surface area contributed by atoms with Gasteiger partial charge in [-0.3, -0.25) is 15.0 Å². The number of nitrogens with one attached hydrogen (secondary N) is 4. The van der Waals surface area contributed by atoms with Gasteiger partial charge >= 0.3 is 6.03 Å². The van der Waals surface area contributed by atoms with Gasteiger partial charge in [-0.25, -0.2) is 9.69 Å². The maximum Gasteiger partial charge on any atom is 0.327 e. The van der Waals surface area contributed by atoms with E-state index in [1.54, 1.807) is 28.4 Å². The van der Waals surface area contributed by atoms with Crippen LogP contribution in [0, 0.1) is 0 Å². The molecule has 0 saturated carbocycles. The summed E-state index contributed by atoms with van der Waals surface area (Å²) >= 11 is 3.24. The van der Waals surface area contributed by atoms with E-state index in [1.807, 2.05) is 61.5 Å². The largest absolute Gasteiger partial charge is 0.358 e. The predicted octanol–water partition coefficient (Wildman–Crippen LogP) is 5.80. The van der Waals surface area contributed by atoms with Crippen molar-refractivity contribution in [2.75, 3.05) is 36.5 Å². The van der Waals surface area contributed by atoms with Crippen LogP contribution in [0.5, 0.6) is 0 Å². The van der Waals surface area contributed by atoms with E-state index in [2.05, 4.69) is 50.4 Å². The molecule has 3 aliphatic heterocycles. The van der Waals surface area contributed by atoms with Crippen LogP contribution < -0.4 is 26.2 Å². The smallest absolute Gasteiger partial charge is 0.327 e. The first-order valence-electron chi connectivity index (χ1n) is 14.9. The molecule has 3 heterocycles. The first-order chi connectivity index (χ1) is 21.0. The molecule has 43 heavy (non-hydrogen) atoms. The van der Waals surface area contributed by atoms with Gasteiger partial charge in [0.05, 0.1) is 23.0 Å². The van der Waals surface area contributed by atoms with Gasteiger partial charge in [0.25, 0.3) is 0 Å². The van der Waals surface area contributed by atoms with Crippen LogP contribution in [0.2, 0.25) is 0 Å². The molecular formula is C33H38N6O2S2. The number of benzene rings is 3. The zero-order valence-electron chi connectivity index (χ0n) is 24.3. The predicted molar refractivity (Wildman–Crippen MR) is 176 cm³/mol. The highest BCUT2D eigenvalue weighted by atomic mass is 32.2. The molecule has 6 rings (SSSR count). The van der Waals surface area contributed by atoms with Crippen molar-refractivity contribution < 1.29 is 9.59 Å². The molecule has 2 unspecified atom stereocenters. The topological polar surface area (TPSA) is 88.7 Å². The number of amides is 3. The molecule has 0 radical (unpaired) electrons. The number of thioether (sulfide) groups is 1. The molecule has 8 nitrogen and oxygen atoms in total. The number of likely N-dealkylation sites (tertiary alicyclic amines) is 1. The number of carbonyl (C=O) groups excluding carboxylic acids is 2. The maximum absolute atomic E-state index is 13.2. The van der Waals surface area contributed by atoms with Crippen LogP contribution >= 0.6 is 23.5 Å². The van der Waals surface area contributed by atoms with Crippen LogP contribution in [0.25, 0.3) is 0 Å².